The number of nitrogens with one attached hydrogen (secondary N) is 1. The molecular formula is C14H23N5O. The SMILES string of the molecule is CNc1nccnc1C[C@H]1CCCN(C(=O)CCN)C1. The number of carbonyl (C=O) groups excluding carboxylic acids is 1. The molecule has 1 aromatic rings. The molecule has 1 aromatic heterocycles. The summed E-state index contributed by atoms with van der Waals surface area (Å²) in [5.41, 5.74) is 6.44. The molecule has 1 amide bonds. The van der Waals surface area contributed by atoms with Crippen LogP contribution in [0.4, 0.5) is 5.82 Å². The summed E-state index contributed by atoms with van der Waals surface area (Å²) in [4.78, 5) is 22.5. The fraction of sp³-hybridized carbons (Fsp3) is 0.643. The predicted octanol–water partition coefficient (Wildman–Crippen LogP) is 0.648. The Morgan fingerprint density at radius 2 is 2.30 bits per heavy atom. The monoisotopic (exact) mass is 277 g/mol. The van der Waals surface area contributed by atoms with E-state index >= 15 is 0 Å². The number of rotatable bonds is 5. The Morgan fingerprint density at radius 3 is 3.05 bits per heavy atom. The van der Waals surface area contributed by atoms with Crippen LogP contribution in [-0.2, 0) is 11.2 Å². The zero-order valence-electron chi connectivity index (χ0n) is 12.0. The van der Waals surface area contributed by atoms with Gasteiger partial charge < -0.3 is 16.0 Å². The van der Waals surface area contributed by atoms with Crippen molar-refractivity contribution in [1.82, 2.24) is 14.9 Å². The van der Waals surface area contributed by atoms with Gasteiger partial charge in [-0.3, -0.25) is 9.78 Å². The summed E-state index contributed by atoms with van der Waals surface area (Å²) >= 11 is 0. The van der Waals surface area contributed by atoms with Crippen LogP contribution in [0.15, 0.2) is 12.4 Å². The largest absolute Gasteiger partial charge is 0.372 e. The van der Waals surface area contributed by atoms with E-state index in [1.165, 1.54) is 0 Å². The maximum Gasteiger partial charge on any atom is 0.223 e. The third-order valence-corrected chi connectivity index (χ3v) is 3.72. The van der Waals surface area contributed by atoms with E-state index in [0.29, 0.717) is 18.9 Å². The molecule has 6 heteroatoms. The second-order valence-electron chi connectivity index (χ2n) is 5.19. The Morgan fingerprint density at radius 1 is 1.50 bits per heavy atom. The van der Waals surface area contributed by atoms with Gasteiger partial charge >= 0.3 is 0 Å². The lowest BCUT2D eigenvalue weighted by atomic mass is 9.93. The van der Waals surface area contributed by atoms with Crippen molar-refractivity contribution in [2.24, 2.45) is 11.7 Å². The molecule has 0 aromatic carbocycles. The van der Waals surface area contributed by atoms with Crippen molar-refractivity contribution in [3.63, 3.8) is 0 Å². The summed E-state index contributed by atoms with van der Waals surface area (Å²) < 4.78 is 0. The van der Waals surface area contributed by atoms with Gasteiger partial charge in [-0.25, -0.2) is 4.98 Å². The van der Waals surface area contributed by atoms with E-state index in [0.717, 1.165) is 43.9 Å². The highest BCUT2D eigenvalue weighted by Gasteiger charge is 2.24. The summed E-state index contributed by atoms with van der Waals surface area (Å²) in [5, 5.41) is 3.07. The molecule has 3 N–H and O–H groups in total. The van der Waals surface area contributed by atoms with E-state index in [9.17, 15) is 4.79 Å². The number of nitrogens with two attached hydrogens (primary N) is 1. The molecule has 110 valence electrons. The number of piperidine rings is 1. The quantitative estimate of drug-likeness (QED) is 0.825. The number of aromatic nitrogens is 2. The summed E-state index contributed by atoms with van der Waals surface area (Å²) in [6.45, 7) is 2.08. The molecule has 20 heavy (non-hydrogen) atoms. The van der Waals surface area contributed by atoms with E-state index in [1.54, 1.807) is 12.4 Å². The third kappa shape index (κ3) is 3.66. The Balaban J connectivity index is 1.97. The Hall–Kier alpha value is -1.69. The molecule has 6 nitrogen and oxygen atoms in total. The molecule has 0 spiro atoms. The standard InChI is InChI=1S/C14H23N5O/c1-16-14-12(17-6-7-18-14)9-11-3-2-8-19(10-11)13(20)4-5-15/h6-7,11H,2-5,8-10,15H2,1H3,(H,16,18)/t11-/m1/s1. The fourth-order valence-corrected chi connectivity index (χ4v) is 2.74. The maximum absolute atomic E-state index is 11.9. The number of hydrogen-bond donors (Lipinski definition) is 2. The Kier molecular flexibility index (Phi) is 5.29. The summed E-state index contributed by atoms with van der Waals surface area (Å²) in [5.74, 6) is 1.46. The van der Waals surface area contributed by atoms with Crippen LogP contribution >= 0.6 is 0 Å². The summed E-state index contributed by atoms with van der Waals surface area (Å²) in [6, 6.07) is 0. The van der Waals surface area contributed by atoms with Gasteiger partial charge in [-0.15, -0.1) is 0 Å². The molecule has 1 atom stereocenters. The molecule has 1 aliphatic rings. The first-order valence-electron chi connectivity index (χ1n) is 7.20. The van der Waals surface area contributed by atoms with Crippen molar-refractivity contribution in [1.29, 1.82) is 0 Å². The molecule has 2 heterocycles. The highest BCUT2D eigenvalue weighted by atomic mass is 16.2. The minimum Gasteiger partial charge on any atom is -0.372 e. The minimum absolute atomic E-state index is 0.171. The number of nitrogens with zero attached hydrogens (tertiary/aromatic N) is 3. The molecule has 0 unspecified atom stereocenters. The third-order valence-electron chi connectivity index (χ3n) is 3.72. The minimum atomic E-state index is 0.171. The summed E-state index contributed by atoms with van der Waals surface area (Å²) in [7, 11) is 1.85. The van der Waals surface area contributed by atoms with E-state index in [4.69, 9.17) is 5.73 Å². The topological polar surface area (TPSA) is 84.1 Å². The first kappa shape index (κ1) is 14.7. The van der Waals surface area contributed by atoms with Crippen molar-refractivity contribution >= 4 is 11.7 Å². The van der Waals surface area contributed by atoms with Gasteiger partial charge in [-0.1, -0.05) is 0 Å². The van der Waals surface area contributed by atoms with Gasteiger partial charge in [0.05, 0.1) is 5.69 Å². The molecule has 1 fully saturated rings. The molecule has 0 saturated carbocycles. The lowest BCUT2D eigenvalue weighted by Gasteiger charge is -2.32. The lowest BCUT2D eigenvalue weighted by Crippen LogP contribution is -2.41. The van der Waals surface area contributed by atoms with Crippen LogP contribution in [-0.4, -0.2) is 47.5 Å². The number of anilines is 1. The van der Waals surface area contributed by atoms with Crippen LogP contribution in [0.25, 0.3) is 0 Å². The van der Waals surface area contributed by atoms with Crippen LogP contribution < -0.4 is 11.1 Å². The van der Waals surface area contributed by atoms with Crippen molar-refractivity contribution in [2.45, 2.75) is 25.7 Å². The van der Waals surface area contributed by atoms with Crippen molar-refractivity contribution in [2.75, 3.05) is 32.0 Å². The van der Waals surface area contributed by atoms with Gasteiger partial charge in [0.1, 0.15) is 5.82 Å². The molecule has 2 rings (SSSR count). The highest BCUT2D eigenvalue weighted by molar-refractivity contribution is 5.76. The van der Waals surface area contributed by atoms with E-state index in [1.807, 2.05) is 11.9 Å². The van der Waals surface area contributed by atoms with Gasteiger partial charge in [0.15, 0.2) is 0 Å². The zero-order valence-corrected chi connectivity index (χ0v) is 12.0. The van der Waals surface area contributed by atoms with Gasteiger partial charge in [0.2, 0.25) is 5.91 Å². The normalized spacial score (nSPS) is 18.9. The molecule has 0 radical (unpaired) electrons. The summed E-state index contributed by atoms with van der Waals surface area (Å²) in [6.07, 6.45) is 6.89. The van der Waals surface area contributed by atoms with Crippen LogP contribution in [0.2, 0.25) is 0 Å². The van der Waals surface area contributed by atoms with Crippen molar-refractivity contribution in [3.05, 3.63) is 18.1 Å². The second kappa shape index (κ2) is 7.19. The Labute approximate surface area is 119 Å². The zero-order chi connectivity index (χ0) is 14.4. The van der Waals surface area contributed by atoms with Gasteiger partial charge in [-0.2, -0.15) is 0 Å². The van der Waals surface area contributed by atoms with Crippen molar-refractivity contribution < 1.29 is 4.79 Å². The van der Waals surface area contributed by atoms with E-state index in [2.05, 4.69) is 15.3 Å². The molecule has 0 aliphatic carbocycles. The molecule has 1 saturated heterocycles. The number of carbonyl (C=O) groups is 1. The highest BCUT2D eigenvalue weighted by Crippen LogP contribution is 2.22. The number of hydrogen-bond acceptors (Lipinski definition) is 5. The predicted molar refractivity (Wildman–Crippen MR) is 78.3 cm³/mol. The van der Waals surface area contributed by atoms with Crippen LogP contribution in [0, 0.1) is 5.92 Å². The smallest absolute Gasteiger partial charge is 0.223 e. The van der Waals surface area contributed by atoms with Gasteiger partial charge in [0.25, 0.3) is 0 Å². The average Bonchev–Trinajstić information content (AvgIpc) is 2.48. The second-order valence-corrected chi connectivity index (χ2v) is 5.19. The van der Waals surface area contributed by atoms with E-state index in [-0.39, 0.29) is 5.91 Å². The molecular weight excluding hydrogens is 254 g/mol. The molecule has 1 aliphatic heterocycles. The van der Waals surface area contributed by atoms with Crippen molar-refractivity contribution in [3.8, 4) is 0 Å². The number of likely N-dealkylation sites (tertiary alicyclic amines) is 1. The molecule has 0 bridgehead atoms. The average molecular weight is 277 g/mol. The Bertz CT molecular complexity index is 451. The van der Waals surface area contributed by atoms with E-state index < -0.39 is 0 Å². The maximum atomic E-state index is 11.9. The fourth-order valence-electron chi connectivity index (χ4n) is 2.74. The van der Waals surface area contributed by atoms with Crippen LogP contribution in [0.5, 0.6) is 0 Å². The van der Waals surface area contributed by atoms with Crippen LogP contribution in [0.1, 0.15) is 25.0 Å². The number of amides is 1. The van der Waals surface area contributed by atoms with Gasteiger partial charge in [0, 0.05) is 45.5 Å². The first-order chi connectivity index (χ1) is 9.74. The van der Waals surface area contributed by atoms with Crippen LogP contribution in [0.3, 0.4) is 0 Å². The lowest BCUT2D eigenvalue weighted by molar-refractivity contribution is -0.132. The first-order valence-corrected chi connectivity index (χ1v) is 7.20. The van der Waals surface area contributed by atoms with Gasteiger partial charge in [-0.05, 0) is 25.2 Å².